The van der Waals surface area contributed by atoms with Crippen LogP contribution in [0.5, 0.6) is 11.5 Å². The van der Waals surface area contributed by atoms with Gasteiger partial charge in [-0.2, -0.15) is 0 Å². The van der Waals surface area contributed by atoms with Gasteiger partial charge < -0.3 is 9.84 Å². The molecular weight excluding hydrogens is 568 g/mol. The van der Waals surface area contributed by atoms with Crippen molar-refractivity contribution < 1.29 is 29.0 Å². The lowest BCUT2D eigenvalue weighted by Gasteiger charge is -2.42. The number of rotatable bonds is 6. The first-order chi connectivity index (χ1) is 21.8. The molecule has 3 aliphatic carbocycles. The zero-order valence-electron chi connectivity index (χ0n) is 25.7. The molecule has 2 aromatic carbocycles. The minimum atomic E-state index is -0.710. The van der Waals surface area contributed by atoms with Crippen molar-refractivity contribution in [1.82, 2.24) is 9.80 Å². The summed E-state index contributed by atoms with van der Waals surface area (Å²) >= 11 is 0. The molecule has 0 spiro atoms. The van der Waals surface area contributed by atoms with Crippen molar-refractivity contribution in [2.45, 2.75) is 58.0 Å². The first kappa shape index (κ1) is 29.4. The molecule has 2 amide bonds. The molecule has 2 saturated heterocycles. The minimum Gasteiger partial charge on any atom is -0.504 e. The van der Waals surface area contributed by atoms with Crippen molar-refractivity contribution in [2.24, 2.45) is 17.8 Å². The van der Waals surface area contributed by atoms with E-state index in [1.54, 1.807) is 25.1 Å². The molecule has 1 N–H and O–H groups in total. The summed E-state index contributed by atoms with van der Waals surface area (Å²) in [5, 5.41) is 11.4. The highest BCUT2D eigenvalue weighted by Crippen LogP contribution is 2.57. The number of piperidine rings is 1. The molecule has 2 aromatic rings. The second-order valence-electron chi connectivity index (χ2n) is 12.9. The van der Waals surface area contributed by atoms with Gasteiger partial charge in [0.2, 0.25) is 11.8 Å². The average molecular weight is 607 g/mol. The summed E-state index contributed by atoms with van der Waals surface area (Å²) in [6, 6.07) is 15.3. The lowest BCUT2D eigenvalue weighted by molar-refractivity contribution is -0.144. The summed E-state index contributed by atoms with van der Waals surface area (Å²) in [6.45, 7) is 6.25. The van der Waals surface area contributed by atoms with Crippen LogP contribution in [-0.2, 0) is 25.7 Å². The van der Waals surface area contributed by atoms with E-state index in [0.717, 1.165) is 38.0 Å². The van der Waals surface area contributed by atoms with Gasteiger partial charge in [0.05, 0.1) is 18.4 Å². The number of benzene rings is 2. The average Bonchev–Trinajstić information content (AvgIpc) is 3.30. The lowest BCUT2D eigenvalue weighted by Crippen LogP contribution is -2.47. The number of carbonyl (C=O) groups excluding carboxylic acids is 4. The van der Waals surface area contributed by atoms with Gasteiger partial charge in [-0.1, -0.05) is 54.1 Å². The zero-order chi connectivity index (χ0) is 31.4. The van der Waals surface area contributed by atoms with Crippen LogP contribution < -0.4 is 4.74 Å². The molecule has 2 aliphatic heterocycles. The number of phenolic OH excluding ortho intramolecular Hbond substituents is 1. The monoisotopic (exact) mass is 606 g/mol. The van der Waals surface area contributed by atoms with Gasteiger partial charge >= 0.3 is 0 Å². The maximum absolute atomic E-state index is 14.3. The Bertz CT molecular complexity index is 1680. The van der Waals surface area contributed by atoms with Crippen LogP contribution in [0.3, 0.4) is 0 Å². The number of hydrogen-bond acceptors (Lipinski definition) is 7. The molecule has 2 heterocycles. The summed E-state index contributed by atoms with van der Waals surface area (Å²) in [5.41, 5.74) is 3.65. The third-order valence-corrected chi connectivity index (χ3v) is 10.4. The van der Waals surface area contributed by atoms with Gasteiger partial charge in [0, 0.05) is 53.9 Å². The number of ketones is 2. The summed E-state index contributed by atoms with van der Waals surface area (Å²) < 4.78 is 5.67. The largest absolute Gasteiger partial charge is 0.504 e. The quantitative estimate of drug-likeness (QED) is 0.284. The van der Waals surface area contributed by atoms with Crippen LogP contribution in [0.25, 0.3) is 0 Å². The van der Waals surface area contributed by atoms with Crippen molar-refractivity contribution in [1.29, 1.82) is 0 Å². The predicted octanol–water partition coefficient (Wildman–Crippen LogP) is 4.89. The maximum Gasteiger partial charge on any atom is 0.233 e. The molecule has 232 valence electrons. The van der Waals surface area contributed by atoms with Crippen LogP contribution in [0.4, 0.5) is 0 Å². The van der Waals surface area contributed by atoms with E-state index in [9.17, 15) is 24.3 Å². The van der Waals surface area contributed by atoms with Gasteiger partial charge in [0.25, 0.3) is 0 Å². The number of allylic oxidation sites excluding steroid dienone is 6. The summed E-state index contributed by atoms with van der Waals surface area (Å²) in [5.74, 6) is -2.78. The second-order valence-corrected chi connectivity index (χ2v) is 12.9. The molecule has 7 rings (SSSR count). The van der Waals surface area contributed by atoms with Gasteiger partial charge in [-0.3, -0.25) is 29.0 Å². The molecule has 45 heavy (non-hydrogen) atoms. The fourth-order valence-electron chi connectivity index (χ4n) is 8.32. The van der Waals surface area contributed by atoms with Gasteiger partial charge in [-0.25, -0.2) is 0 Å². The van der Waals surface area contributed by atoms with Gasteiger partial charge in [0.15, 0.2) is 23.1 Å². The van der Waals surface area contributed by atoms with E-state index in [1.165, 1.54) is 16.5 Å². The van der Waals surface area contributed by atoms with E-state index in [-0.39, 0.29) is 41.6 Å². The van der Waals surface area contributed by atoms with E-state index in [1.807, 2.05) is 31.2 Å². The zero-order valence-corrected chi connectivity index (χ0v) is 25.7. The molecule has 4 atom stereocenters. The van der Waals surface area contributed by atoms with Crippen LogP contribution in [-0.4, -0.2) is 64.0 Å². The first-order valence-electron chi connectivity index (χ1n) is 16.1. The Morgan fingerprint density at radius 3 is 2.42 bits per heavy atom. The molecular formula is C37H38N2O6. The number of nitrogens with zero attached hydrogens (tertiary/aromatic N) is 2. The van der Waals surface area contributed by atoms with Crippen molar-refractivity contribution in [3.05, 3.63) is 94.1 Å². The van der Waals surface area contributed by atoms with E-state index in [4.69, 9.17) is 4.74 Å². The predicted molar refractivity (Wildman–Crippen MR) is 167 cm³/mol. The molecule has 8 heteroatoms. The number of carbonyl (C=O) groups is 4. The number of phenols is 1. The molecule has 0 radical (unpaired) electrons. The van der Waals surface area contributed by atoms with Crippen molar-refractivity contribution in [3.63, 3.8) is 0 Å². The second kappa shape index (κ2) is 11.6. The van der Waals surface area contributed by atoms with Gasteiger partial charge in [-0.05, 0) is 63.2 Å². The third kappa shape index (κ3) is 4.86. The number of hydrogen-bond donors (Lipinski definition) is 1. The highest BCUT2D eigenvalue weighted by atomic mass is 16.5. The smallest absolute Gasteiger partial charge is 0.233 e. The number of aromatic hydroxyl groups is 1. The molecule has 4 unspecified atom stereocenters. The normalized spacial score (nSPS) is 27.2. The Hall–Kier alpha value is -4.30. The molecule has 2 fully saturated rings. The number of likely N-dealkylation sites (tertiary alicyclic amines) is 2. The summed E-state index contributed by atoms with van der Waals surface area (Å²) in [6.07, 6.45) is 5.42. The Morgan fingerprint density at radius 1 is 0.933 bits per heavy atom. The van der Waals surface area contributed by atoms with Crippen LogP contribution in [0.2, 0.25) is 0 Å². The van der Waals surface area contributed by atoms with E-state index in [0.29, 0.717) is 41.1 Å². The number of fused-ring (bicyclic) bond motifs is 3. The fraction of sp³-hybridized carbons (Fsp3) is 0.405. The van der Waals surface area contributed by atoms with Crippen molar-refractivity contribution in [3.8, 4) is 11.5 Å². The van der Waals surface area contributed by atoms with E-state index >= 15 is 0 Å². The van der Waals surface area contributed by atoms with Crippen LogP contribution >= 0.6 is 0 Å². The van der Waals surface area contributed by atoms with E-state index in [2.05, 4.69) is 17.0 Å². The Kier molecular flexibility index (Phi) is 7.56. The Balaban J connectivity index is 1.20. The van der Waals surface area contributed by atoms with Crippen molar-refractivity contribution in [2.75, 3.05) is 19.7 Å². The van der Waals surface area contributed by atoms with Crippen LogP contribution in [0, 0.1) is 17.8 Å². The van der Waals surface area contributed by atoms with Crippen LogP contribution in [0.15, 0.2) is 83.0 Å². The first-order valence-corrected chi connectivity index (χ1v) is 16.1. The number of amides is 2. The summed E-state index contributed by atoms with van der Waals surface area (Å²) in [4.78, 5) is 59.2. The Morgan fingerprint density at radius 2 is 1.69 bits per heavy atom. The van der Waals surface area contributed by atoms with E-state index < -0.39 is 23.7 Å². The highest BCUT2D eigenvalue weighted by Gasteiger charge is 2.57. The molecule has 0 bridgehead atoms. The molecule has 0 saturated carbocycles. The number of para-hydroxylation sites is 1. The molecule has 5 aliphatic rings. The lowest BCUT2D eigenvalue weighted by atomic mass is 9.59. The third-order valence-electron chi connectivity index (χ3n) is 10.4. The maximum atomic E-state index is 14.3. The Labute approximate surface area is 263 Å². The standard InChI is InChI=1S/C37H38N2O6/c1-3-45-30-11-7-10-25(35(30)42)31-24-12-13-26-32(27(24)19-28-29(40)18-21(2)34(41)33(28)31)37(44)39(36(26)43)23-14-16-38(17-15-23)20-22-8-5-4-6-9-22/h4-12,18,23,26-27,31-32,42H,3,13-17,19-20H2,1-2H3. The number of ether oxygens (including phenoxy) is 1. The van der Waals surface area contributed by atoms with Crippen LogP contribution in [0.1, 0.15) is 56.6 Å². The SMILES string of the molecule is CCOc1cccc(C2C3=CCC4C(=O)N(C5CCN(Cc6ccccc6)CC5)C(=O)C4C3CC3=C2C(=O)C(C)=CC3=O)c1O. The molecule has 0 aromatic heterocycles. The summed E-state index contributed by atoms with van der Waals surface area (Å²) in [7, 11) is 0. The number of Topliss-reactive ketones (excluding diaryl/α,β-unsaturated/α-hetero) is 1. The van der Waals surface area contributed by atoms with Crippen molar-refractivity contribution >= 4 is 23.4 Å². The topological polar surface area (TPSA) is 104 Å². The highest BCUT2D eigenvalue weighted by molar-refractivity contribution is 6.24. The van der Waals surface area contributed by atoms with Gasteiger partial charge in [-0.15, -0.1) is 0 Å². The van der Waals surface area contributed by atoms with Gasteiger partial charge in [0.1, 0.15) is 0 Å². The molecule has 8 nitrogen and oxygen atoms in total. The fourth-order valence-corrected chi connectivity index (χ4v) is 8.32. The number of imide groups is 1. The minimum absolute atomic E-state index is 0.0787.